The normalized spacial score (nSPS) is 17.8. The van der Waals surface area contributed by atoms with Gasteiger partial charge in [0.1, 0.15) is 4.62 Å². The molecule has 1 N–H and O–H groups in total. The second kappa shape index (κ2) is 8.02. The maximum absolute atomic E-state index is 12.9. The smallest absolute Gasteiger partial charge is 0.244 e. The van der Waals surface area contributed by atoms with E-state index in [2.05, 4.69) is 66.7 Å². The summed E-state index contributed by atoms with van der Waals surface area (Å²) >= 11 is 6.86. The Hall–Kier alpha value is -2.24. The standard InChI is InChI=1S/C23H18Br2N2O/c24-19-13-11-16(12-14-19)21(25)26-27-22(28)20-15-23(20,17-7-3-1-4-8-17)18-9-5-2-6-10-18/h1-14,20H,15H2,(H,27,28)/t20-/m0/s1. The van der Waals surface area contributed by atoms with Gasteiger partial charge in [0, 0.05) is 15.5 Å². The number of hydrogen-bond acceptors (Lipinski definition) is 2. The molecule has 0 aromatic heterocycles. The molecule has 0 spiro atoms. The van der Waals surface area contributed by atoms with Gasteiger partial charge < -0.3 is 0 Å². The highest BCUT2D eigenvalue weighted by atomic mass is 79.9. The lowest BCUT2D eigenvalue weighted by Gasteiger charge is -2.18. The van der Waals surface area contributed by atoms with Crippen LogP contribution in [0.25, 0.3) is 0 Å². The fourth-order valence-corrected chi connectivity index (χ4v) is 4.31. The van der Waals surface area contributed by atoms with Crippen LogP contribution in [0.15, 0.2) is 94.5 Å². The average molecular weight is 498 g/mol. The van der Waals surface area contributed by atoms with E-state index in [4.69, 9.17) is 0 Å². The molecule has 3 aromatic rings. The molecule has 0 saturated heterocycles. The van der Waals surface area contributed by atoms with E-state index in [1.54, 1.807) is 0 Å². The number of hydrazone groups is 1. The number of rotatable bonds is 5. The predicted octanol–water partition coefficient (Wildman–Crippen LogP) is 5.63. The Morgan fingerprint density at radius 3 is 1.96 bits per heavy atom. The second-order valence-corrected chi connectivity index (χ2v) is 8.51. The summed E-state index contributed by atoms with van der Waals surface area (Å²) in [4.78, 5) is 12.9. The average Bonchev–Trinajstić information content (AvgIpc) is 3.51. The number of carbonyl (C=O) groups excluding carboxylic acids is 1. The van der Waals surface area contributed by atoms with Crippen molar-refractivity contribution in [1.29, 1.82) is 0 Å². The van der Waals surface area contributed by atoms with E-state index in [1.165, 1.54) is 0 Å². The van der Waals surface area contributed by atoms with Crippen LogP contribution in [0.3, 0.4) is 0 Å². The first-order valence-electron chi connectivity index (χ1n) is 9.01. The second-order valence-electron chi connectivity index (χ2n) is 6.85. The van der Waals surface area contributed by atoms with Crippen molar-refractivity contribution in [3.05, 3.63) is 106 Å². The summed E-state index contributed by atoms with van der Waals surface area (Å²) in [6, 6.07) is 28.2. The topological polar surface area (TPSA) is 41.5 Å². The van der Waals surface area contributed by atoms with Gasteiger partial charge in [-0.1, -0.05) is 88.7 Å². The first-order valence-corrected chi connectivity index (χ1v) is 10.6. The van der Waals surface area contributed by atoms with Crippen LogP contribution in [0, 0.1) is 5.92 Å². The van der Waals surface area contributed by atoms with Crippen molar-refractivity contribution in [2.24, 2.45) is 11.0 Å². The highest BCUT2D eigenvalue weighted by Crippen LogP contribution is 2.58. The number of benzene rings is 3. The van der Waals surface area contributed by atoms with Gasteiger partial charge in [-0.15, -0.1) is 0 Å². The summed E-state index contributed by atoms with van der Waals surface area (Å²) in [5.74, 6) is -0.215. The number of nitrogens with one attached hydrogen (secondary N) is 1. The molecule has 1 aliphatic rings. The van der Waals surface area contributed by atoms with E-state index in [0.29, 0.717) is 4.62 Å². The molecular weight excluding hydrogens is 480 g/mol. The minimum absolute atomic E-state index is 0.0678. The van der Waals surface area contributed by atoms with Gasteiger partial charge >= 0.3 is 0 Å². The minimum atomic E-state index is -0.286. The molecule has 3 aromatic carbocycles. The van der Waals surface area contributed by atoms with Crippen molar-refractivity contribution in [3.63, 3.8) is 0 Å². The van der Waals surface area contributed by atoms with E-state index >= 15 is 0 Å². The van der Waals surface area contributed by atoms with E-state index in [0.717, 1.165) is 27.6 Å². The molecule has 1 atom stereocenters. The molecule has 0 heterocycles. The maximum atomic E-state index is 12.9. The van der Waals surface area contributed by atoms with Gasteiger partial charge in [0.25, 0.3) is 0 Å². The van der Waals surface area contributed by atoms with Crippen LogP contribution in [0.2, 0.25) is 0 Å². The van der Waals surface area contributed by atoms with E-state index in [9.17, 15) is 4.79 Å². The molecule has 4 rings (SSSR count). The number of halogens is 2. The zero-order chi connectivity index (χ0) is 19.6. The van der Waals surface area contributed by atoms with Gasteiger partial charge in [0.05, 0.1) is 5.92 Å². The quantitative estimate of drug-likeness (QED) is 0.360. The van der Waals surface area contributed by atoms with Gasteiger partial charge in [-0.25, -0.2) is 5.43 Å². The van der Waals surface area contributed by atoms with Crippen LogP contribution < -0.4 is 5.43 Å². The number of carbonyl (C=O) groups is 1. The summed E-state index contributed by atoms with van der Waals surface area (Å²) in [7, 11) is 0. The zero-order valence-electron chi connectivity index (χ0n) is 15.0. The fraction of sp³-hybridized carbons (Fsp3) is 0.130. The first-order chi connectivity index (χ1) is 13.6. The molecule has 0 aliphatic heterocycles. The molecule has 1 amide bonds. The molecule has 1 fully saturated rings. The molecule has 0 bridgehead atoms. The van der Waals surface area contributed by atoms with Gasteiger partial charge in [0.2, 0.25) is 5.91 Å². The Morgan fingerprint density at radius 2 is 1.43 bits per heavy atom. The number of hydrogen-bond donors (Lipinski definition) is 1. The molecule has 3 nitrogen and oxygen atoms in total. The fourth-order valence-electron chi connectivity index (χ4n) is 3.69. The Kier molecular flexibility index (Phi) is 5.47. The summed E-state index contributed by atoms with van der Waals surface area (Å²) in [6.07, 6.45) is 0.776. The highest BCUT2D eigenvalue weighted by Gasteiger charge is 2.60. The van der Waals surface area contributed by atoms with Crippen molar-refractivity contribution < 1.29 is 4.79 Å². The zero-order valence-corrected chi connectivity index (χ0v) is 18.2. The van der Waals surface area contributed by atoms with Gasteiger partial charge in [-0.05, 0) is 45.6 Å². The van der Waals surface area contributed by atoms with E-state index < -0.39 is 0 Å². The lowest BCUT2D eigenvalue weighted by Crippen LogP contribution is -2.26. The molecular formula is C23H18Br2N2O. The molecule has 0 radical (unpaired) electrons. The van der Waals surface area contributed by atoms with E-state index in [-0.39, 0.29) is 17.2 Å². The Balaban J connectivity index is 1.56. The first kappa shape index (κ1) is 19.1. The monoisotopic (exact) mass is 496 g/mol. The molecule has 140 valence electrons. The molecule has 5 heteroatoms. The lowest BCUT2D eigenvalue weighted by molar-refractivity contribution is -0.122. The Labute approximate surface area is 181 Å². The third-order valence-electron chi connectivity index (χ3n) is 5.20. The molecule has 28 heavy (non-hydrogen) atoms. The van der Waals surface area contributed by atoms with Gasteiger partial charge in [-0.2, -0.15) is 5.10 Å². The molecule has 1 aliphatic carbocycles. The van der Waals surface area contributed by atoms with Crippen molar-refractivity contribution in [1.82, 2.24) is 5.43 Å². The van der Waals surface area contributed by atoms with Crippen LogP contribution in [-0.2, 0) is 10.2 Å². The summed E-state index contributed by atoms with van der Waals surface area (Å²) < 4.78 is 1.59. The number of nitrogens with zero attached hydrogens (tertiary/aromatic N) is 1. The van der Waals surface area contributed by atoms with Crippen LogP contribution in [0.1, 0.15) is 23.1 Å². The maximum Gasteiger partial charge on any atom is 0.244 e. The largest absolute Gasteiger partial charge is 0.273 e. The Morgan fingerprint density at radius 1 is 0.893 bits per heavy atom. The van der Waals surface area contributed by atoms with Gasteiger partial charge in [-0.3, -0.25) is 4.79 Å². The lowest BCUT2D eigenvalue weighted by atomic mass is 9.85. The van der Waals surface area contributed by atoms with Crippen LogP contribution in [-0.4, -0.2) is 10.5 Å². The van der Waals surface area contributed by atoms with Crippen LogP contribution >= 0.6 is 31.9 Å². The van der Waals surface area contributed by atoms with Crippen LogP contribution in [0.4, 0.5) is 0 Å². The molecule has 0 unspecified atom stereocenters. The van der Waals surface area contributed by atoms with Crippen molar-refractivity contribution in [2.75, 3.05) is 0 Å². The summed E-state index contributed by atoms with van der Waals surface area (Å²) in [5.41, 5.74) is 5.68. The van der Waals surface area contributed by atoms with E-state index in [1.807, 2.05) is 60.7 Å². The third kappa shape index (κ3) is 3.69. The van der Waals surface area contributed by atoms with Crippen LogP contribution in [0.5, 0.6) is 0 Å². The van der Waals surface area contributed by atoms with Gasteiger partial charge in [0.15, 0.2) is 0 Å². The van der Waals surface area contributed by atoms with Crippen molar-refractivity contribution in [2.45, 2.75) is 11.8 Å². The predicted molar refractivity (Wildman–Crippen MR) is 120 cm³/mol. The Bertz CT molecular complexity index is 962. The SMILES string of the molecule is O=C(NN=C(Br)c1ccc(Br)cc1)[C@@H]1CC1(c1ccccc1)c1ccccc1. The van der Waals surface area contributed by atoms with Crippen molar-refractivity contribution in [3.8, 4) is 0 Å². The summed E-state index contributed by atoms with van der Waals surface area (Å²) in [6.45, 7) is 0. The minimum Gasteiger partial charge on any atom is -0.273 e. The van der Waals surface area contributed by atoms with Crippen molar-refractivity contribution >= 4 is 42.4 Å². The highest BCUT2D eigenvalue weighted by molar-refractivity contribution is 9.18. The third-order valence-corrected chi connectivity index (χ3v) is 6.37. The molecule has 1 saturated carbocycles. The summed E-state index contributed by atoms with van der Waals surface area (Å²) in [5, 5.41) is 4.26. The number of amides is 1.